The predicted molar refractivity (Wildman–Crippen MR) is 110 cm³/mol. The van der Waals surface area contributed by atoms with Crippen molar-refractivity contribution in [2.24, 2.45) is 0 Å². The average Bonchev–Trinajstić information content (AvgIpc) is 3.28. The van der Waals surface area contributed by atoms with Crippen LogP contribution in [0.25, 0.3) is 0 Å². The summed E-state index contributed by atoms with van der Waals surface area (Å²) >= 11 is 0. The van der Waals surface area contributed by atoms with Gasteiger partial charge in [0.1, 0.15) is 18.0 Å². The minimum Gasteiger partial charge on any atom is -0.388 e. The summed E-state index contributed by atoms with van der Waals surface area (Å²) in [5.74, 6) is -1.71. The number of ketones is 1. The molecule has 0 bridgehead atoms. The molecule has 1 atom stereocenters. The van der Waals surface area contributed by atoms with Crippen molar-refractivity contribution >= 4 is 5.78 Å². The number of nitrogens with zero attached hydrogens (tertiary/aromatic N) is 1. The maximum absolute atomic E-state index is 15.3. The Bertz CT molecular complexity index is 1150. The van der Waals surface area contributed by atoms with Crippen LogP contribution in [0, 0.1) is 11.6 Å². The Kier molecular flexibility index (Phi) is 5.80. The third kappa shape index (κ3) is 3.94. The van der Waals surface area contributed by atoms with Crippen LogP contribution in [0.1, 0.15) is 39.9 Å². The van der Waals surface area contributed by atoms with E-state index in [0.717, 1.165) is 0 Å². The molecule has 1 aliphatic rings. The number of rotatable bonds is 6. The molecule has 1 saturated heterocycles. The summed E-state index contributed by atoms with van der Waals surface area (Å²) in [5.41, 5.74) is -0.102. The van der Waals surface area contributed by atoms with Gasteiger partial charge in [0.2, 0.25) is 0 Å². The molecular formula is C24H21F2NO4. The predicted octanol–water partition coefficient (Wildman–Crippen LogP) is 3.40. The molecule has 31 heavy (non-hydrogen) atoms. The van der Waals surface area contributed by atoms with E-state index in [-0.39, 0.29) is 12.1 Å². The summed E-state index contributed by atoms with van der Waals surface area (Å²) in [5, 5.41) is 8.93. The summed E-state index contributed by atoms with van der Waals surface area (Å²) in [7, 11) is 0. The van der Waals surface area contributed by atoms with Crippen LogP contribution in [-0.4, -0.2) is 28.7 Å². The van der Waals surface area contributed by atoms with Crippen molar-refractivity contribution in [1.29, 1.82) is 0 Å². The zero-order valence-corrected chi connectivity index (χ0v) is 16.7. The monoisotopic (exact) mass is 425 g/mol. The van der Waals surface area contributed by atoms with E-state index in [2.05, 4.69) is 0 Å². The summed E-state index contributed by atoms with van der Waals surface area (Å²) < 4.78 is 35.9. The van der Waals surface area contributed by atoms with Crippen LogP contribution in [0.5, 0.6) is 0 Å². The molecule has 2 heterocycles. The normalized spacial score (nSPS) is 18.3. The zero-order valence-electron chi connectivity index (χ0n) is 16.7. The fraction of sp³-hybridized carbons (Fsp3) is 0.250. The van der Waals surface area contributed by atoms with Crippen molar-refractivity contribution in [3.05, 3.63) is 105 Å². The highest BCUT2D eigenvalue weighted by Gasteiger charge is 2.41. The fourth-order valence-electron chi connectivity index (χ4n) is 4.02. The number of carbonyl (C=O) groups excluding carboxylic acids is 1. The number of pyridine rings is 1. The molecule has 4 rings (SSSR count). The van der Waals surface area contributed by atoms with Crippen molar-refractivity contribution in [2.45, 2.75) is 25.0 Å². The molecule has 0 amide bonds. The number of carbonyl (C=O) groups is 1. The van der Waals surface area contributed by atoms with Crippen LogP contribution in [0.4, 0.5) is 8.78 Å². The number of aliphatic hydroxyl groups is 1. The Morgan fingerprint density at radius 3 is 2.39 bits per heavy atom. The van der Waals surface area contributed by atoms with Gasteiger partial charge in [-0.05, 0) is 42.2 Å². The number of hydrogen-bond donors (Lipinski definition) is 1. The lowest BCUT2D eigenvalue weighted by Crippen LogP contribution is -2.33. The second-order valence-corrected chi connectivity index (χ2v) is 7.54. The Balaban J connectivity index is 1.67. The highest BCUT2D eigenvalue weighted by molar-refractivity contribution is 5.96. The van der Waals surface area contributed by atoms with Gasteiger partial charge < -0.3 is 14.4 Å². The molecule has 1 fully saturated rings. The van der Waals surface area contributed by atoms with Gasteiger partial charge in [-0.15, -0.1) is 0 Å². The van der Waals surface area contributed by atoms with Crippen LogP contribution in [0.2, 0.25) is 0 Å². The Hall–Kier alpha value is -3.16. The van der Waals surface area contributed by atoms with Gasteiger partial charge in [-0.1, -0.05) is 36.4 Å². The van der Waals surface area contributed by atoms with Gasteiger partial charge in [0, 0.05) is 23.9 Å². The van der Waals surface area contributed by atoms with Crippen molar-refractivity contribution < 1.29 is 23.4 Å². The quantitative estimate of drug-likeness (QED) is 0.615. The first-order valence-electron chi connectivity index (χ1n) is 9.97. The smallest absolute Gasteiger partial charge is 0.287 e. The van der Waals surface area contributed by atoms with Crippen LogP contribution in [0.3, 0.4) is 0 Å². The molecule has 7 heteroatoms. The number of hydrogen-bond acceptors (Lipinski definition) is 4. The van der Waals surface area contributed by atoms with Gasteiger partial charge >= 0.3 is 0 Å². The van der Waals surface area contributed by atoms with E-state index in [1.54, 1.807) is 36.4 Å². The summed E-state index contributed by atoms with van der Waals surface area (Å²) in [6, 6.07) is 13.7. The van der Waals surface area contributed by atoms with Crippen molar-refractivity contribution in [3.63, 3.8) is 0 Å². The third-order valence-corrected chi connectivity index (χ3v) is 5.65. The van der Waals surface area contributed by atoms with E-state index in [4.69, 9.17) is 9.84 Å². The second kappa shape index (κ2) is 8.53. The van der Waals surface area contributed by atoms with Gasteiger partial charge in [0.15, 0.2) is 11.6 Å². The SMILES string of the molecule is O=C(CO)c1ccc(Cn2ccc(C3(c4ccc(F)cc4)CCCO3)c(F)c2=O)cc1. The van der Waals surface area contributed by atoms with E-state index in [0.29, 0.717) is 36.1 Å². The Morgan fingerprint density at radius 2 is 1.77 bits per heavy atom. The van der Waals surface area contributed by atoms with Crippen LogP contribution >= 0.6 is 0 Å². The Morgan fingerprint density at radius 1 is 1.06 bits per heavy atom. The number of halogens is 2. The fourth-order valence-corrected chi connectivity index (χ4v) is 4.02. The Labute approximate surface area is 177 Å². The lowest BCUT2D eigenvalue weighted by atomic mass is 9.84. The number of ether oxygens (including phenoxy) is 1. The number of benzene rings is 2. The van der Waals surface area contributed by atoms with Gasteiger partial charge in [-0.2, -0.15) is 0 Å². The average molecular weight is 425 g/mol. The van der Waals surface area contributed by atoms with E-state index in [9.17, 15) is 14.0 Å². The first-order valence-corrected chi connectivity index (χ1v) is 9.97. The van der Waals surface area contributed by atoms with Crippen molar-refractivity contribution in [2.75, 3.05) is 13.2 Å². The van der Waals surface area contributed by atoms with Crippen LogP contribution < -0.4 is 5.56 Å². The molecule has 2 aromatic carbocycles. The number of aliphatic hydroxyl groups excluding tert-OH is 1. The molecule has 1 aliphatic heterocycles. The maximum Gasteiger partial charge on any atom is 0.287 e. The topological polar surface area (TPSA) is 68.5 Å². The summed E-state index contributed by atoms with van der Waals surface area (Å²) in [4.78, 5) is 24.3. The molecule has 3 aromatic rings. The lowest BCUT2D eigenvalue weighted by Gasteiger charge is -2.30. The van der Waals surface area contributed by atoms with Crippen LogP contribution in [-0.2, 0) is 16.9 Å². The molecule has 1 unspecified atom stereocenters. The van der Waals surface area contributed by atoms with E-state index in [1.807, 2.05) is 0 Å². The molecule has 5 nitrogen and oxygen atoms in total. The van der Waals surface area contributed by atoms with E-state index >= 15 is 4.39 Å². The molecule has 0 aliphatic carbocycles. The molecule has 0 spiro atoms. The first-order chi connectivity index (χ1) is 14.9. The van der Waals surface area contributed by atoms with Gasteiger partial charge in [-0.25, -0.2) is 8.78 Å². The maximum atomic E-state index is 15.3. The van der Waals surface area contributed by atoms with Crippen molar-refractivity contribution in [3.8, 4) is 0 Å². The number of Topliss-reactive ketones (excluding diaryl/α,β-unsaturated/α-hetero) is 1. The lowest BCUT2D eigenvalue weighted by molar-refractivity contribution is 0.0326. The minimum absolute atomic E-state index is 0.119. The zero-order chi connectivity index (χ0) is 22.0. The first kappa shape index (κ1) is 21.1. The van der Waals surface area contributed by atoms with E-state index in [1.165, 1.54) is 29.0 Å². The highest BCUT2D eigenvalue weighted by atomic mass is 19.1. The molecule has 1 aromatic heterocycles. The summed E-state index contributed by atoms with van der Waals surface area (Å²) in [6.45, 7) is -0.0454. The molecule has 1 N–H and O–H groups in total. The molecule has 0 saturated carbocycles. The number of aromatic nitrogens is 1. The highest BCUT2D eigenvalue weighted by Crippen LogP contribution is 2.42. The van der Waals surface area contributed by atoms with Gasteiger partial charge in [0.25, 0.3) is 5.56 Å². The van der Waals surface area contributed by atoms with Gasteiger partial charge in [-0.3, -0.25) is 9.59 Å². The minimum atomic E-state index is -1.12. The van der Waals surface area contributed by atoms with Crippen molar-refractivity contribution in [1.82, 2.24) is 4.57 Å². The largest absolute Gasteiger partial charge is 0.388 e. The summed E-state index contributed by atoms with van der Waals surface area (Å²) in [6.07, 6.45) is 2.69. The standard InChI is InChI=1S/C24H21F2NO4/c25-19-8-6-18(7-9-19)24(11-1-13-31-24)20-10-12-27(23(30)22(20)26)14-16-2-4-17(5-3-16)21(29)15-28/h2-10,12,28H,1,11,13-15H2. The second-order valence-electron chi connectivity index (χ2n) is 7.54. The van der Waals surface area contributed by atoms with Gasteiger partial charge in [0.05, 0.1) is 6.54 Å². The van der Waals surface area contributed by atoms with E-state index < -0.39 is 35.2 Å². The molecular weight excluding hydrogens is 404 g/mol. The molecule has 0 radical (unpaired) electrons. The molecule has 160 valence electrons. The van der Waals surface area contributed by atoms with Crippen LogP contribution in [0.15, 0.2) is 65.6 Å². The third-order valence-electron chi connectivity index (χ3n) is 5.65.